The Hall–Kier alpha value is -2.86. The third kappa shape index (κ3) is 4.65. The van der Waals surface area contributed by atoms with Crippen molar-refractivity contribution in [2.75, 3.05) is 12.0 Å². The van der Waals surface area contributed by atoms with E-state index in [0.717, 1.165) is 11.3 Å². The van der Waals surface area contributed by atoms with E-state index in [9.17, 15) is 4.79 Å². The summed E-state index contributed by atoms with van der Waals surface area (Å²) >= 11 is 3.37. The Morgan fingerprint density at radius 3 is 2.44 bits per heavy atom. The first kappa shape index (κ1) is 18.9. The molecule has 3 rings (SSSR count). The lowest BCUT2D eigenvalue weighted by Gasteiger charge is -2.24. The molecule has 2 aromatic carbocycles. The zero-order valence-corrected chi connectivity index (χ0v) is 16.6. The van der Waals surface area contributed by atoms with Gasteiger partial charge >= 0.3 is 0 Å². The highest BCUT2D eigenvalue weighted by molar-refractivity contribution is 9.10. The molecule has 0 N–H and O–H groups in total. The van der Waals surface area contributed by atoms with Crippen molar-refractivity contribution in [3.8, 4) is 17.4 Å². The van der Waals surface area contributed by atoms with Crippen LogP contribution in [0.25, 0.3) is 0 Å². The van der Waals surface area contributed by atoms with Crippen LogP contribution in [0.5, 0.6) is 17.4 Å². The van der Waals surface area contributed by atoms with E-state index < -0.39 is 0 Å². The number of hydrogen-bond donors (Lipinski definition) is 0. The van der Waals surface area contributed by atoms with Gasteiger partial charge < -0.3 is 14.4 Å². The fraction of sp³-hybridized carbons (Fsp3) is 0.143. The number of halogens is 1. The number of carbonyl (C=O) groups excluding carboxylic acids is 1. The number of aromatic nitrogens is 1. The number of nitrogens with zero attached hydrogens (tertiary/aromatic N) is 2. The Balaban J connectivity index is 1.99. The van der Waals surface area contributed by atoms with Gasteiger partial charge in [-0.05, 0) is 46.3 Å². The maximum atomic E-state index is 12.4. The minimum Gasteiger partial charge on any atom is -0.496 e. The molecule has 0 saturated carbocycles. The number of hydrogen-bond acceptors (Lipinski definition) is 4. The van der Waals surface area contributed by atoms with Crippen molar-refractivity contribution in [2.24, 2.45) is 0 Å². The van der Waals surface area contributed by atoms with Gasteiger partial charge in [-0.2, -0.15) is 0 Å². The van der Waals surface area contributed by atoms with Crippen LogP contribution >= 0.6 is 15.9 Å². The van der Waals surface area contributed by atoms with Gasteiger partial charge in [-0.15, -0.1) is 0 Å². The maximum Gasteiger partial charge on any atom is 0.244 e. The highest BCUT2D eigenvalue weighted by atomic mass is 79.9. The number of para-hydroxylation sites is 2. The van der Waals surface area contributed by atoms with Gasteiger partial charge in [0.15, 0.2) is 0 Å². The molecule has 0 aliphatic heterocycles. The van der Waals surface area contributed by atoms with Gasteiger partial charge in [-0.25, -0.2) is 4.98 Å². The highest BCUT2D eigenvalue weighted by Crippen LogP contribution is 2.34. The Kier molecular flexibility index (Phi) is 6.08. The standard InChI is InChI=1S/C21H19BrN2O3/c1-15(25)24(14-16-8-6-7-11-19(16)26-2)18-12-13-20(22)23-21(18)27-17-9-4-3-5-10-17/h3-13H,14H2,1-2H3. The molecule has 138 valence electrons. The lowest BCUT2D eigenvalue weighted by Crippen LogP contribution is -2.28. The topological polar surface area (TPSA) is 51.7 Å². The molecule has 0 aliphatic carbocycles. The molecule has 0 bridgehead atoms. The van der Waals surface area contributed by atoms with E-state index in [0.29, 0.717) is 28.5 Å². The van der Waals surface area contributed by atoms with Gasteiger partial charge in [-0.1, -0.05) is 36.4 Å². The lowest BCUT2D eigenvalue weighted by atomic mass is 10.1. The molecule has 0 spiro atoms. The SMILES string of the molecule is COc1ccccc1CN(C(C)=O)c1ccc(Br)nc1Oc1ccccc1. The quantitative estimate of drug-likeness (QED) is 0.508. The smallest absolute Gasteiger partial charge is 0.244 e. The van der Waals surface area contributed by atoms with Crippen LogP contribution in [0.2, 0.25) is 0 Å². The molecule has 0 atom stereocenters. The Bertz CT molecular complexity index is 932. The van der Waals surface area contributed by atoms with Crippen LogP contribution in [0, 0.1) is 0 Å². The number of methoxy groups -OCH3 is 1. The molecule has 5 nitrogen and oxygen atoms in total. The van der Waals surface area contributed by atoms with Gasteiger partial charge in [0.25, 0.3) is 0 Å². The average molecular weight is 427 g/mol. The predicted molar refractivity (Wildman–Crippen MR) is 108 cm³/mol. The number of rotatable bonds is 6. The molecule has 27 heavy (non-hydrogen) atoms. The van der Waals surface area contributed by atoms with Crippen LogP contribution in [0.1, 0.15) is 12.5 Å². The van der Waals surface area contributed by atoms with E-state index in [2.05, 4.69) is 20.9 Å². The summed E-state index contributed by atoms with van der Waals surface area (Å²) in [5.41, 5.74) is 1.48. The summed E-state index contributed by atoms with van der Waals surface area (Å²) < 4.78 is 12.0. The van der Waals surface area contributed by atoms with E-state index in [4.69, 9.17) is 9.47 Å². The molecule has 3 aromatic rings. The molecule has 0 unspecified atom stereocenters. The first-order valence-electron chi connectivity index (χ1n) is 8.38. The summed E-state index contributed by atoms with van der Waals surface area (Å²) in [5.74, 6) is 1.59. The second kappa shape index (κ2) is 8.68. The van der Waals surface area contributed by atoms with Crippen molar-refractivity contribution < 1.29 is 14.3 Å². The van der Waals surface area contributed by atoms with E-state index in [1.807, 2.05) is 60.7 Å². The number of pyridine rings is 1. The summed E-state index contributed by atoms with van der Waals surface area (Å²) in [5, 5.41) is 0. The molecule has 1 heterocycles. The third-order valence-electron chi connectivity index (χ3n) is 3.96. The maximum absolute atomic E-state index is 12.4. The zero-order valence-electron chi connectivity index (χ0n) is 15.1. The van der Waals surface area contributed by atoms with Gasteiger partial charge in [-0.3, -0.25) is 4.79 Å². The van der Waals surface area contributed by atoms with Crippen LogP contribution in [-0.2, 0) is 11.3 Å². The molecular weight excluding hydrogens is 408 g/mol. The number of amides is 1. The molecule has 6 heteroatoms. The van der Waals surface area contributed by atoms with Crippen LogP contribution in [0.3, 0.4) is 0 Å². The van der Waals surface area contributed by atoms with E-state index in [1.165, 1.54) is 6.92 Å². The molecule has 0 fully saturated rings. The van der Waals surface area contributed by atoms with Crippen molar-refractivity contribution in [1.29, 1.82) is 0 Å². The predicted octanol–water partition coefficient (Wildman–Crippen LogP) is 5.20. The fourth-order valence-corrected chi connectivity index (χ4v) is 2.95. The summed E-state index contributed by atoms with van der Waals surface area (Å²) in [4.78, 5) is 18.5. The van der Waals surface area contributed by atoms with Crippen molar-refractivity contribution in [3.63, 3.8) is 0 Å². The van der Waals surface area contributed by atoms with Crippen molar-refractivity contribution in [3.05, 3.63) is 76.9 Å². The normalized spacial score (nSPS) is 10.3. The molecule has 1 aromatic heterocycles. The number of carbonyl (C=O) groups is 1. The Morgan fingerprint density at radius 2 is 1.74 bits per heavy atom. The van der Waals surface area contributed by atoms with Crippen molar-refractivity contribution in [1.82, 2.24) is 4.98 Å². The van der Waals surface area contributed by atoms with Gasteiger partial charge in [0.05, 0.1) is 13.7 Å². The third-order valence-corrected chi connectivity index (χ3v) is 4.40. The zero-order chi connectivity index (χ0) is 19.2. The van der Waals surface area contributed by atoms with Crippen molar-refractivity contribution in [2.45, 2.75) is 13.5 Å². The molecular formula is C21H19BrN2O3. The molecule has 0 aliphatic rings. The van der Waals surface area contributed by atoms with E-state index >= 15 is 0 Å². The Labute approximate surface area is 166 Å². The minimum absolute atomic E-state index is 0.122. The average Bonchev–Trinajstić information content (AvgIpc) is 2.67. The van der Waals surface area contributed by atoms with Crippen LogP contribution in [0.4, 0.5) is 5.69 Å². The summed E-state index contributed by atoms with van der Waals surface area (Å²) in [6, 6.07) is 20.5. The first-order chi connectivity index (χ1) is 13.1. The van der Waals surface area contributed by atoms with Crippen LogP contribution in [0.15, 0.2) is 71.3 Å². The largest absolute Gasteiger partial charge is 0.496 e. The number of ether oxygens (including phenoxy) is 2. The van der Waals surface area contributed by atoms with E-state index in [-0.39, 0.29) is 5.91 Å². The summed E-state index contributed by atoms with van der Waals surface area (Å²) in [7, 11) is 1.61. The van der Waals surface area contributed by atoms with Crippen LogP contribution < -0.4 is 14.4 Å². The van der Waals surface area contributed by atoms with Crippen LogP contribution in [-0.4, -0.2) is 18.0 Å². The fourth-order valence-electron chi connectivity index (χ4n) is 2.66. The molecule has 0 radical (unpaired) electrons. The summed E-state index contributed by atoms with van der Waals surface area (Å²) in [6.07, 6.45) is 0. The Morgan fingerprint density at radius 1 is 1.04 bits per heavy atom. The van der Waals surface area contributed by atoms with Gasteiger partial charge in [0.1, 0.15) is 21.8 Å². The highest BCUT2D eigenvalue weighted by Gasteiger charge is 2.20. The number of benzene rings is 2. The monoisotopic (exact) mass is 426 g/mol. The van der Waals surface area contributed by atoms with Gasteiger partial charge in [0, 0.05) is 12.5 Å². The second-order valence-electron chi connectivity index (χ2n) is 5.79. The van der Waals surface area contributed by atoms with Gasteiger partial charge in [0.2, 0.25) is 11.8 Å². The van der Waals surface area contributed by atoms with E-state index in [1.54, 1.807) is 18.1 Å². The molecule has 1 amide bonds. The minimum atomic E-state index is -0.122. The van der Waals surface area contributed by atoms with Crippen molar-refractivity contribution >= 4 is 27.5 Å². The summed E-state index contributed by atoms with van der Waals surface area (Å²) in [6.45, 7) is 1.86. The first-order valence-corrected chi connectivity index (χ1v) is 9.17. The second-order valence-corrected chi connectivity index (χ2v) is 6.60. The lowest BCUT2D eigenvalue weighted by molar-refractivity contribution is -0.116. The number of anilines is 1. The molecule has 0 saturated heterocycles.